The number of aromatic nitrogens is 5. The van der Waals surface area contributed by atoms with Gasteiger partial charge in [-0.05, 0) is 37.3 Å². The van der Waals surface area contributed by atoms with E-state index in [1.165, 1.54) is 4.57 Å². The van der Waals surface area contributed by atoms with Gasteiger partial charge in [0.05, 0.1) is 0 Å². The molecule has 0 spiro atoms. The summed E-state index contributed by atoms with van der Waals surface area (Å²) in [4.78, 5) is 37.9. The number of pyridine rings is 1. The molecule has 0 amide bonds. The fraction of sp³-hybridized carbons (Fsp3) is 0.500. The van der Waals surface area contributed by atoms with Crippen molar-refractivity contribution < 1.29 is 0 Å². The number of aryl methyl sites for hydroxylation is 1. The van der Waals surface area contributed by atoms with Crippen molar-refractivity contribution in [2.75, 3.05) is 11.9 Å². The van der Waals surface area contributed by atoms with Gasteiger partial charge in [0.1, 0.15) is 17.2 Å². The predicted molar refractivity (Wildman–Crippen MR) is 110 cm³/mol. The number of hydrogen-bond acceptors (Lipinski definition) is 5. The molecule has 0 saturated heterocycles. The Morgan fingerprint density at radius 1 is 1.29 bits per heavy atom. The molecule has 0 atom stereocenters. The van der Waals surface area contributed by atoms with Gasteiger partial charge >= 0.3 is 5.69 Å². The first kappa shape index (κ1) is 18.5. The molecule has 0 unspecified atom stereocenters. The lowest BCUT2D eigenvalue weighted by atomic mass is 10.2. The summed E-state index contributed by atoms with van der Waals surface area (Å²) in [7, 11) is 0. The Labute approximate surface area is 162 Å². The third kappa shape index (κ3) is 3.34. The fourth-order valence-electron chi connectivity index (χ4n) is 3.30. The standard InChI is InChI=1S/C20H26N6O2/c1-4-9-25-18-16(19(27)26(20(25)28)14-6-7-14)23-17(24-18)13-5-8-15(22-11-13)21-10-12(2)3/h5,8,11-12,14H,4,6-7,9-10H2,1-3H3,(H,21,22)(H,23,24). The number of imidazole rings is 1. The summed E-state index contributed by atoms with van der Waals surface area (Å²) in [5.74, 6) is 1.88. The van der Waals surface area contributed by atoms with Gasteiger partial charge in [-0.3, -0.25) is 13.9 Å². The number of anilines is 1. The van der Waals surface area contributed by atoms with Crippen molar-refractivity contribution in [2.45, 2.75) is 52.6 Å². The van der Waals surface area contributed by atoms with Crippen LogP contribution >= 0.6 is 0 Å². The van der Waals surface area contributed by atoms with Gasteiger partial charge in [-0.15, -0.1) is 0 Å². The van der Waals surface area contributed by atoms with Gasteiger partial charge in [0, 0.05) is 30.9 Å². The molecule has 2 N–H and O–H groups in total. The zero-order chi connectivity index (χ0) is 19.8. The average molecular weight is 382 g/mol. The highest BCUT2D eigenvalue weighted by Gasteiger charge is 2.29. The third-order valence-corrected chi connectivity index (χ3v) is 4.90. The molecule has 148 valence electrons. The summed E-state index contributed by atoms with van der Waals surface area (Å²) in [5.41, 5.74) is 1.05. The Morgan fingerprint density at radius 2 is 2.07 bits per heavy atom. The zero-order valence-electron chi connectivity index (χ0n) is 16.5. The molecule has 8 heteroatoms. The van der Waals surface area contributed by atoms with Crippen LogP contribution < -0.4 is 16.6 Å². The van der Waals surface area contributed by atoms with Crippen molar-refractivity contribution in [3.63, 3.8) is 0 Å². The van der Waals surface area contributed by atoms with E-state index in [0.29, 0.717) is 29.5 Å². The second-order valence-electron chi connectivity index (χ2n) is 7.83. The second-order valence-corrected chi connectivity index (χ2v) is 7.83. The highest BCUT2D eigenvalue weighted by atomic mass is 16.2. The first-order chi connectivity index (χ1) is 13.5. The molecule has 4 rings (SSSR count). The molecule has 8 nitrogen and oxygen atoms in total. The molecule has 28 heavy (non-hydrogen) atoms. The highest BCUT2D eigenvalue weighted by Crippen LogP contribution is 2.32. The van der Waals surface area contributed by atoms with E-state index in [-0.39, 0.29) is 17.3 Å². The molecule has 1 aliphatic carbocycles. The Balaban J connectivity index is 1.77. The number of nitrogens with one attached hydrogen (secondary N) is 2. The summed E-state index contributed by atoms with van der Waals surface area (Å²) in [6.45, 7) is 7.66. The third-order valence-electron chi connectivity index (χ3n) is 4.90. The van der Waals surface area contributed by atoms with Crippen molar-refractivity contribution in [1.82, 2.24) is 24.1 Å². The Hall–Kier alpha value is -2.90. The van der Waals surface area contributed by atoms with Crippen LogP contribution in [0.4, 0.5) is 5.82 Å². The first-order valence-corrected chi connectivity index (χ1v) is 9.95. The lowest BCUT2D eigenvalue weighted by molar-refractivity contribution is 0.571. The minimum atomic E-state index is -0.281. The molecule has 3 heterocycles. The van der Waals surface area contributed by atoms with Gasteiger partial charge in [-0.2, -0.15) is 0 Å². The lowest BCUT2D eigenvalue weighted by Crippen LogP contribution is -2.39. The normalized spacial score (nSPS) is 14.1. The summed E-state index contributed by atoms with van der Waals surface area (Å²) < 4.78 is 3.00. The fourth-order valence-corrected chi connectivity index (χ4v) is 3.30. The number of aromatic amines is 1. The number of fused-ring (bicyclic) bond motifs is 1. The van der Waals surface area contributed by atoms with E-state index < -0.39 is 0 Å². The van der Waals surface area contributed by atoms with Crippen molar-refractivity contribution in [3.05, 3.63) is 39.2 Å². The molecule has 0 aliphatic heterocycles. The van der Waals surface area contributed by atoms with E-state index in [1.807, 2.05) is 19.1 Å². The van der Waals surface area contributed by atoms with Crippen LogP contribution in [0.2, 0.25) is 0 Å². The number of H-pyrrole nitrogens is 1. The molecule has 3 aromatic heterocycles. The summed E-state index contributed by atoms with van der Waals surface area (Å²) >= 11 is 0. The van der Waals surface area contributed by atoms with Crippen LogP contribution in [0.5, 0.6) is 0 Å². The van der Waals surface area contributed by atoms with Crippen LogP contribution in [-0.4, -0.2) is 30.6 Å². The lowest BCUT2D eigenvalue weighted by Gasteiger charge is -2.09. The van der Waals surface area contributed by atoms with E-state index in [0.717, 1.165) is 37.2 Å². The van der Waals surface area contributed by atoms with Gasteiger partial charge in [0.15, 0.2) is 5.65 Å². The Bertz CT molecular complexity index is 1100. The van der Waals surface area contributed by atoms with Crippen molar-refractivity contribution >= 4 is 17.0 Å². The molecule has 3 aromatic rings. The van der Waals surface area contributed by atoms with Crippen LogP contribution in [-0.2, 0) is 6.54 Å². The highest BCUT2D eigenvalue weighted by molar-refractivity contribution is 5.75. The summed E-state index contributed by atoms with van der Waals surface area (Å²) in [6, 6.07) is 3.83. The van der Waals surface area contributed by atoms with E-state index in [9.17, 15) is 9.59 Å². The second kappa shape index (κ2) is 7.26. The van der Waals surface area contributed by atoms with E-state index in [1.54, 1.807) is 10.8 Å². The average Bonchev–Trinajstić information content (AvgIpc) is 3.41. The van der Waals surface area contributed by atoms with E-state index >= 15 is 0 Å². The predicted octanol–water partition coefficient (Wildman–Crippen LogP) is 2.76. The van der Waals surface area contributed by atoms with Gasteiger partial charge in [0.25, 0.3) is 5.56 Å². The van der Waals surface area contributed by atoms with Crippen molar-refractivity contribution in [3.8, 4) is 11.4 Å². The van der Waals surface area contributed by atoms with Crippen LogP contribution in [0.15, 0.2) is 27.9 Å². The largest absolute Gasteiger partial charge is 0.370 e. The van der Waals surface area contributed by atoms with E-state index in [2.05, 4.69) is 34.1 Å². The molecule has 0 bridgehead atoms. The van der Waals surface area contributed by atoms with Gasteiger partial charge in [-0.25, -0.2) is 14.8 Å². The van der Waals surface area contributed by atoms with Crippen LogP contribution in [0.3, 0.4) is 0 Å². The SMILES string of the molecule is CCCn1c(=O)n(C2CC2)c(=O)c2[nH]c(-c3ccc(NCC(C)C)nc3)nc21. The first-order valence-electron chi connectivity index (χ1n) is 9.95. The molecule has 1 saturated carbocycles. The summed E-state index contributed by atoms with van der Waals surface area (Å²) in [5, 5.41) is 3.28. The Kier molecular flexibility index (Phi) is 4.78. The smallest absolute Gasteiger partial charge is 0.333 e. The maximum atomic E-state index is 12.9. The van der Waals surface area contributed by atoms with Crippen LogP contribution in [0.25, 0.3) is 22.6 Å². The van der Waals surface area contributed by atoms with Gasteiger partial charge in [-0.1, -0.05) is 20.8 Å². The minimum absolute atomic E-state index is 0.0206. The number of nitrogens with zero attached hydrogens (tertiary/aromatic N) is 4. The van der Waals surface area contributed by atoms with E-state index in [4.69, 9.17) is 0 Å². The molecule has 1 fully saturated rings. The molecule has 0 radical (unpaired) electrons. The topological polar surface area (TPSA) is 97.6 Å². The maximum absolute atomic E-state index is 12.9. The molecule has 0 aromatic carbocycles. The van der Waals surface area contributed by atoms with Gasteiger partial charge < -0.3 is 10.3 Å². The van der Waals surface area contributed by atoms with Crippen LogP contribution in [0, 0.1) is 5.92 Å². The Morgan fingerprint density at radius 3 is 2.68 bits per heavy atom. The number of rotatable bonds is 7. The quantitative estimate of drug-likeness (QED) is 0.655. The summed E-state index contributed by atoms with van der Waals surface area (Å²) in [6.07, 6.45) is 4.27. The zero-order valence-corrected chi connectivity index (χ0v) is 16.5. The minimum Gasteiger partial charge on any atom is -0.370 e. The molecular weight excluding hydrogens is 356 g/mol. The van der Waals surface area contributed by atoms with Crippen molar-refractivity contribution in [1.29, 1.82) is 0 Å². The monoisotopic (exact) mass is 382 g/mol. The van der Waals surface area contributed by atoms with Crippen LogP contribution in [0.1, 0.15) is 46.1 Å². The molecular formula is C20H26N6O2. The molecule has 1 aliphatic rings. The van der Waals surface area contributed by atoms with Gasteiger partial charge in [0.2, 0.25) is 0 Å². The maximum Gasteiger partial charge on any atom is 0.333 e. The van der Waals surface area contributed by atoms with Crippen molar-refractivity contribution in [2.24, 2.45) is 5.92 Å². The number of hydrogen-bond donors (Lipinski definition) is 2.